The SMILES string of the molecule is Cc1ccc(CN2C[C@@H](C(=O)NNC(=O)c3ccc(S(=O)(=O)N4CCCC4)cc3)CC2=O)cc1. The molecule has 0 radical (unpaired) electrons. The van der Waals surface area contributed by atoms with Gasteiger partial charge in [-0.3, -0.25) is 25.2 Å². The van der Waals surface area contributed by atoms with E-state index < -0.39 is 27.8 Å². The first-order valence-electron chi connectivity index (χ1n) is 11.3. The average Bonchev–Trinajstić information content (AvgIpc) is 3.50. The second kappa shape index (κ2) is 9.94. The Morgan fingerprint density at radius 1 is 0.971 bits per heavy atom. The summed E-state index contributed by atoms with van der Waals surface area (Å²) in [5.41, 5.74) is 7.06. The van der Waals surface area contributed by atoms with Crippen molar-refractivity contribution < 1.29 is 22.8 Å². The van der Waals surface area contributed by atoms with Crippen LogP contribution >= 0.6 is 0 Å². The predicted molar refractivity (Wildman–Crippen MR) is 125 cm³/mol. The van der Waals surface area contributed by atoms with E-state index in [2.05, 4.69) is 10.9 Å². The molecule has 2 aromatic carbocycles. The fraction of sp³-hybridized carbons (Fsp3) is 0.375. The largest absolute Gasteiger partial charge is 0.338 e. The maximum absolute atomic E-state index is 12.6. The van der Waals surface area contributed by atoms with E-state index in [0.29, 0.717) is 19.6 Å². The van der Waals surface area contributed by atoms with Gasteiger partial charge in [-0.2, -0.15) is 4.31 Å². The maximum Gasteiger partial charge on any atom is 0.269 e. The molecule has 0 saturated carbocycles. The molecular formula is C24H28N4O5S. The summed E-state index contributed by atoms with van der Waals surface area (Å²) >= 11 is 0. The molecule has 2 aliphatic heterocycles. The van der Waals surface area contributed by atoms with Crippen LogP contribution in [0.1, 0.15) is 40.7 Å². The molecule has 0 spiro atoms. The highest BCUT2D eigenvalue weighted by atomic mass is 32.2. The van der Waals surface area contributed by atoms with Crippen molar-refractivity contribution in [2.45, 2.75) is 37.6 Å². The molecule has 10 heteroatoms. The summed E-state index contributed by atoms with van der Waals surface area (Å²) in [5, 5.41) is 0. The molecule has 2 N–H and O–H groups in total. The maximum atomic E-state index is 12.6. The van der Waals surface area contributed by atoms with Gasteiger partial charge in [-0.1, -0.05) is 29.8 Å². The average molecular weight is 485 g/mol. The number of hydrazine groups is 1. The van der Waals surface area contributed by atoms with Crippen LogP contribution in [-0.4, -0.2) is 55.0 Å². The normalized spacial score (nSPS) is 18.8. The van der Waals surface area contributed by atoms with Gasteiger partial charge in [0.15, 0.2) is 0 Å². The molecule has 0 bridgehead atoms. The lowest BCUT2D eigenvalue weighted by molar-refractivity contribution is -0.129. The van der Waals surface area contributed by atoms with E-state index >= 15 is 0 Å². The third kappa shape index (κ3) is 5.28. The molecule has 3 amide bonds. The van der Waals surface area contributed by atoms with Gasteiger partial charge in [0.2, 0.25) is 21.8 Å². The molecular weight excluding hydrogens is 456 g/mol. The van der Waals surface area contributed by atoms with Gasteiger partial charge in [0.1, 0.15) is 0 Å². The third-order valence-electron chi connectivity index (χ3n) is 6.20. The lowest BCUT2D eigenvalue weighted by Gasteiger charge is -2.17. The van der Waals surface area contributed by atoms with E-state index in [-0.39, 0.29) is 29.3 Å². The molecule has 34 heavy (non-hydrogen) atoms. The Balaban J connectivity index is 1.29. The van der Waals surface area contributed by atoms with Crippen LogP contribution < -0.4 is 10.9 Å². The number of hydrogen-bond donors (Lipinski definition) is 2. The smallest absolute Gasteiger partial charge is 0.269 e. The molecule has 180 valence electrons. The second-order valence-electron chi connectivity index (χ2n) is 8.74. The molecule has 2 aliphatic rings. The van der Waals surface area contributed by atoms with Gasteiger partial charge in [-0.05, 0) is 49.6 Å². The highest BCUT2D eigenvalue weighted by Gasteiger charge is 2.34. The van der Waals surface area contributed by atoms with Crippen LogP contribution in [0.4, 0.5) is 0 Å². The van der Waals surface area contributed by atoms with Crippen molar-refractivity contribution in [2.75, 3.05) is 19.6 Å². The van der Waals surface area contributed by atoms with Gasteiger partial charge < -0.3 is 4.90 Å². The summed E-state index contributed by atoms with van der Waals surface area (Å²) in [5.74, 6) is -1.69. The molecule has 9 nitrogen and oxygen atoms in total. The van der Waals surface area contributed by atoms with Gasteiger partial charge in [0, 0.05) is 38.2 Å². The van der Waals surface area contributed by atoms with Crippen molar-refractivity contribution in [1.29, 1.82) is 0 Å². The Hall–Kier alpha value is -3.24. The first-order chi connectivity index (χ1) is 16.2. The summed E-state index contributed by atoms with van der Waals surface area (Å²) in [7, 11) is -3.56. The van der Waals surface area contributed by atoms with Gasteiger partial charge in [0.05, 0.1) is 10.8 Å². The number of benzene rings is 2. The number of rotatable bonds is 6. The summed E-state index contributed by atoms with van der Waals surface area (Å²) < 4.78 is 26.6. The number of likely N-dealkylation sites (tertiary alicyclic amines) is 1. The number of carbonyl (C=O) groups excluding carboxylic acids is 3. The highest BCUT2D eigenvalue weighted by molar-refractivity contribution is 7.89. The van der Waals surface area contributed by atoms with E-state index in [4.69, 9.17) is 0 Å². The molecule has 0 unspecified atom stereocenters. The fourth-order valence-corrected chi connectivity index (χ4v) is 5.68. The van der Waals surface area contributed by atoms with Crippen LogP contribution in [0.15, 0.2) is 53.4 Å². The Labute approximate surface area is 199 Å². The van der Waals surface area contributed by atoms with Crippen LogP contribution in [0, 0.1) is 12.8 Å². The molecule has 0 aromatic heterocycles. The highest BCUT2D eigenvalue weighted by Crippen LogP contribution is 2.22. The number of sulfonamides is 1. The van der Waals surface area contributed by atoms with E-state index in [1.165, 1.54) is 28.6 Å². The van der Waals surface area contributed by atoms with E-state index in [1.807, 2.05) is 31.2 Å². The minimum absolute atomic E-state index is 0.0800. The van der Waals surface area contributed by atoms with Gasteiger partial charge >= 0.3 is 0 Å². The Morgan fingerprint density at radius 2 is 1.62 bits per heavy atom. The number of hydrogen-bond acceptors (Lipinski definition) is 5. The quantitative estimate of drug-likeness (QED) is 0.604. The van der Waals surface area contributed by atoms with E-state index in [1.54, 1.807) is 4.90 Å². The van der Waals surface area contributed by atoms with Crippen molar-refractivity contribution >= 4 is 27.7 Å². The van der Waals surface area contributed by atoms with Crippen LogP contribution in [0.5, 0.6) is 0 Å². The summed E-state index contributed by atoms with van der Waals surface area (Å²) in [6.45, 7) is 3.70. The molecule has 2 fully saturated rings. The molecule has 2 aromatic rings. The van der Waals surface area contributed by atoms with Gasteiger partial charge in [-0.15, -0.1) is 0 Å². The first kappa shape index (κ1) is 23.9. The van der Waals surface area contributed by atoms with Crippen molar-refractivity contribution in [3.63, 3.8) is 0 Å². The number of amides is 3. The minimum atomic E-state index is -3.56. The lowest BCUT2D eigenvalue weighted by Crippen LogP contribution is -2.45. The standard InChI is InChI=1S/C24H28N4O5S/c1-17-4-6-18(7-5-17)15-27-16-20(14-22(27)29)24(31)26-25-23(30)19-8-10-21(11-9-19)34(32,33)28-12-2-3-13-28/h4-11,20H,2-3,12-16H2,1H3,(H,25,30)(H,26,31)/t20-/m0/s1. The number of nitrogens with one attached hydrogen (secondary N) is 2. The Morgan fingerprint density at radius 3 is 2.26 bits per heavy atom. The summed E-state index contributed by atoms with van der Waals surface area (Å²) in [6.07, 6.45) is 1.77. The zero-order valence-electron chi connectivity index (χ0n) is 19.0. The monoisotopic (exact) mass is 484 g/mol. The van der Waals surface area contributed by atoms with Gasteiger partial charge in [-0.25, -0.2) is 8.42 Å². The number of nitrogens with zero attached hydrogens (tertiary/aromatic N) is 2. The molecule has 1 atom stereocenters. The van der Waals surface area contributed by atoms with E-state index in [0.717, 1.165) is 24.0 Å². The summed E-state index contributed by atoms with van der Waals surface area (Å²) in [4.78, 5) is 39.0. The van der Waals surface area contributed by atoms with Crippen molar-refractivity contribution in [1.82, 2.24) is 20.1 Å². The van der Waals surface area contributed by atoms with Gasteiger partial charge in [0.25, 0.3) is 5.91 Å². The zero-order chi connectivity index (χ0) is 24.3. The number of carbonyl (C=O) groups is 3. The van der Waals surface area contributed by atoms with Crippen LogP contribution in [0.3, 0.4) is 0 Å². The van der Waals surface area contributed by atoms with Crippen LogP contribution in [-0.2, 0) is 26.2 Å². The first-order valence-corrected chi connectivity index (χ1v) is 12.7. The molecule has 2 saturated heterocycles. The molecule has 0 aliphatic carbocycles. The van der Waals surface area contributed by atoms with Crippen molar-refractivity contribution in [2.24, 2.45) is 5.92 Å². The van der Waals surface area contributed by atoms with Crippen LogP contribution in [0.25, 0.3) is 0 Å². The molecule has 4 rings (SSSR count). The fourth-order valence-electron chi connectivity index (χ4n) is 4.16. The summed E-state index contributed by atoms with van der Waals surface area (Å²) in [6, 6.07) is 13.5. The lowest BCUT2D eigenvalue weighted by atomic mass is 10.1. The Kier molecular flexibility index (Phi) is 6.99. The van der Waals surface area contributed by atoms with Crippen molar-refractivity contribution in [3.8, 4) is 0 Å². The van der Waals surface area contributed by atoms with Crippen molar-refractivity contribution in [3.05, 3.63) is 65.2 Å². The second-order valence-corrected chi connectivity index (χ2v) is 10.7. The molecule has 2 heterocycles. The Bertz CT molecular complexity index is 1170. The van der Waals surface area contributed by atoms with Crippen LogP contribution in [0.2, 0.25) is 0 Å². The minimum Gasteiger partial charge on any atom is -0.338 e. The third-order valence-corrected chi connectivity index (χ3v) is 8.11. The van der Waals surface area contributed by atoms with E-state index in [9.17, 15) is 22.8 Å². The number of aryl methyl sites for hydroxylation is 1. The topological polar surface area (TPSA) is 116 Å². The predicted octanol–water partition coefficient (Wildman–Crippen LogP) is 1.59. The zero-order valence-corrected chi connectivity index (χ0v) is 19.8.